The number of nitrogens with zero attached hydrogens (tertiary/aromatic N) is 1. The third-order valence-corrected chi connectivity index (χ3v) is 4.17. The van der Waals surface area contributed by atoms with Gasteiger partial charge in [-0.1, -0.05) is 35.9 Å². The number of carbonyl (C=O) groups is 2. The average molecular weight is 387 g/mol. The van der Waals surface area contributed by atoms with Crippen LogP contribution in [0.15, 0.2) is 77.9 Å². The molecule has 3 aromatic carbocycles. The van der Waals surface area contributed by atoms with Crippen LogP contribution in [0.5, 0.6) is 5.75 Å². The summed E-state index contributed by atoms with van der Waals surface area (Å²) in [6, 6.07) is 21.3. The predicted octanol–water partition coefficient (Wildman–Crippen LogP) is 4.02. The zero-order valence-electron chi connectivity index (χ0n) is 16.2. The highest BCUT2D eigenvalue weighted by atomic mass is 16.5. The van der Waals surface area contributed by atoms with Gasteiger partial charge >= 0.3 is 0 Å². The van der Waals surface area contributed by atoms with Crippen LogP contribution in [0.1, 0.15) is 31.8 Å². The lowest BCUT2D eigenvalue weighted by atomic mass is 10.1. The molecule has 0 atom stereocenters. The molecule has 0 aliphatic carbocycles. The first kappa shape index (κ1) is 19.8. The minimum absolute atomic E-state index is 0.237. The molecule has 6 heteroatoms. The van der Waals surface area contributed by atoms with E-state index < -0.39 is 0 Å². The van der Waals surface area contributed by atoms with Gasteiger partial charge in [0, 0.05) is 16.8 Å². The molecule has 0 saturated carbocycles. The van der Waals surface area contributed by atoms with Crippen LogP contribution in [0.2, 0.25) is 0 Å². The third kappa shape index (κ3) is 5.52. The quantitative estimate of drug-likeness (QED) is 0.495. The van der Waals surface area contributed by atoms with E-state index in [0.717, 1.165) is 11.1 Å². The predicted molar refractivity (Wildman–Crippen MR) is 114 cm³/mol. The van der Waals surface area contributed by atoms with E-state index in [0.29, 0.717) is 22.6 Å². The topological polar surface area (TPSA) is 79.8 Å². The normalized spacial score (nSPS) is 10.6. The van der Waals surface area contributed by atoms with Crippen molar-refractivity contribution in [3.8, 4) is 5.75 Å². The first-order valence-corrected chi connectivity index (χ1v) is 9.01. The molecular formula is C23H21N3O3. The summed E-state index contributed by atoms with van der Waals surface area (Å²) in [6.45, 7) is 1.96. The van der Waals surface area contributed by atoms with Crippen LogP contribution in [0, 0.1) is 6.92 Å². The van der Waals surface area contributed by atoms with Crippen LogP contribution in [0.3, 0.4) is 0 Å². The molecule has 0 unspecified atom stereocenters. The van der Waals surface area contributed by atoms with Crippen LogP contribution in [0.25, 0.3) is 0 Å². The van der Waals surface area contributed by atoms with Gasteiger partial charge in [0.2, 0.25) is 0 Å². The fourth-order valence-corrected chi connectivity index (χ4v) is 2.60. The van der Waals surface area contributed by atoms with E-state index in [1.54, 1.807) is 49.6 Å². The molecule has 29 heavy (non-hydrogen) atoms. The number of hydrogen-bond acceptors (Lipinski definition) is 4. The molecule has 0 aliphatic rings. The Balaban J connectivity index is 1.63. The number of nitrogens with one attached hydrogen (secondary N) is 2. The van der Waals surface area contributed by atoms with Gasteiger partial charge in [0.25, 0.3) is 11.8 Å². The molecule has 0 aliphatic heterocycles. The summed E-state index contributed by atoms with van der Waals surface area (Å²) in [5, 5.41) is 6.77. The maximum atomic E-state index is 12.3. The molecule has 2 amide bonds. The number of anilines is 1. The SMILES string of the molecule is COc1cccc(/C=N\NC(=O)c2cccc(NC(=O)c3ccc(C)cc3)c2)c1. The largest absolute Gasteiger partial charge is 0.497 e. The zero-order valence-corrected chi connectivity index (χ0v) is 16.2. The molecular weight excluding hydrogens is 366 g/mol. The lowest BCUT2D eigenvalue weighted by molar-refractivity contribution is 0.0953. The molecule has 0 fully saturated rings. The number of amides is 2. The van der Waals surface area contributed by atoms with Gasteiger partial charge in [-0.05, 0) is 55.0 Å². The Morgan fingerprint density at radius 1 is 0.897 bits per heavy atom. The van der Waals surface area contributed by atoms with E-state index in [1.165, 1.54) is 6.21 Å². The molecule has 0 spiro atoms. The van der Waals surface area contributed by atoms with Gasteiger partial charge in [0.1, 0.15) is 5.75 Å². The lowest BCUT2D eigenvalue weighted by Crippen LogP contribution is -2.18. The lowest BCUT2D eigenvalue weighted by Gasteiger charge is -2.07. The number of hydrogen-bond donors (Lipinski definition) is 2. The van der Waals surface area contributed by atoms with Crippen molar-refractivity contribution in [1.82, 2.24) is 5.43 Å². The number of benzene rings is 3. The Bertz CT molecular complexity index is 1040. The van der Waals surface area contributed by atoms with Gasteiger partial charge < -0.3 is 10.1 Å². The molecule has 6 nitrogen and oxygen atoms in total. The average Bonchev–Trinajstić information content (AvgIpc) is 2.74. The molecule has 3 rings (SSSR count). The number of ether oxygens (including phenoxy) is 1. The Kier molecular flexibility index (Phi) is 6.37. The second kappa shape index (κ2) is 9.32. The Morgan fingerprint density at radius 3 is 2.41 bits per heavy atom. The summed E-state index contributed by atoms with van der Waals surface area (Å²) in [6.07, 6.45) is 1.53. The Labute approximate surface area is 169 Å². The van der Waals surface area contributed by atoms with Gasteiger partial charge in [-0.2, -0.15) is 5.10 Å². The number of carbonyl (C=O) groups excluding carboxylic acids is 2. The second-order valence-electron chi connectivity index (χ2n) is 6.38. The van der Waals surface area contributed by atoms with Gasteiger partial charge in [0.05, 0.1) is 13.3 Å². The van der Waals surface area contributed by atoms with E-state index in [4.69, 9.17) is 4.74 Å². The third-order valence-electron chi connectivity index (χ3n) is 4.17. The Morgan fingerprint density at radius 2 is 1.66 bits per heavy atom. The minimum Gasteiger partial charge on any atom is -0.497 e. The van der Waals surface area contributed by atoms with Crippen LogP contribution in [-0.4, -0.2) is 25.1 Å². The van der Waals surface area contributed by atoms with Crippen molar-refractivity contribution in [3.63, 3.8) is 0 Å². The number of rotatable bonds is 6. The molecule has 3 aromatic rings. The Hall–Kier alpha value is -3.93. The highest BCUT2D eigenvalue weighted by Gasteiger charge is 2.09. The van der Waals surface area contributed by atoms with Gasteiger partial charge in [-0.15, -0.1) is 0 Å². The zero-order chi connectivity index (χ0) is 20.6. The maximum absolute atomic E-state index is 12.3. The summed E-state index contributed by atoms with van der Waals surface area (Å²) >= 11 is 0. The van der Waals surface area contributed by atoms with Crippen LogP contribution < -0.4 is 15.5 Å². The van der Waals surface area contributed by atoms with Crippen molar-refractivity contribution in [2.75, 3.05) is 12.4 Å². The highest BCUT2D eigenvalue weighted by Crippen LogP contribution is 2.13. The number of hydrazone groups is 1. The summed E-state index contributed by atoms with van der Waals surface area (Å²) in [5.41, 5.74) is 5.81. The fraction of sp³-hybridized carbons (Fsp3) is 0.0870. The van der Waals surface area contributed by atoms with Crippen LogP contribution >= 0.6 is 0 Å². The van der Waals surface area contributed by atoms with Crippen LogP contribution in [-0.2, 0) is 0 Å². The van der Waals surface area contributed by atoms with Crippen molar-refractivity contribution in [3.05, 3.63) is 95.1 Å². The molecule has 0 saturated heterocycles. The first-order valence-electron chi connectivity index (χ1n) is 9.01. The van der Waals surface area contributed by atoms with Crippen molar-refractivity contribution in [1.29, 1.82) is 0 Å². The number of methoxy groups -OCH3 is 1. The first-order chi connectivity index (χ1) is 14.0. The van der Waals surface area contributed by atoms with E-state index in [9.17, 15) is 9.59 Å². The molecule has 2 N–H and O–H groups in total. The number of aryl methyl sites for hydroxylation is 1. The standard InChI is InChI=1S/C23H21N3O3/c1-16-9-11-18(12-10-16)22(27)25-20-7-4-6-19(14-20)23(28)26-24-15-17-5-3-8-21(13-17)29-2/h3-15H,1-2H3,(H,25,27)(H,26,28)/b24-15-. The molecule has 0 aromatic heterocycles. The van der Waals surface area contributed by atoms with Gasteiger partial charge in [-0.25, -0.2) is 5.43 Å². The van der Waals surface area contributed by atoms with Crippen molar-refractivity contribution in [2.24, 2.45) is 5.10 Å². The minimum atomic E-state index is -0.379. The van der Waals surface area contributed by atoms with Crippen molar-refractivity contribution < 1.29 is 14.3 Å². The smallest absolute Gasteiger partial charge is 0.271 e. The van der Waals surface area contributed by atoms with E-state index in [1.807, 2.05) is 37.3 Å². The molecule has 0 radical (unpaired) electrons. The highest BCUT2D eigenvalue weighted by molar-refractivity contribution is 6.05. The summed E-state index contributed by atoms with van der Waals surface area (Å²) in [4.78, 5) is 24.7. The van der Waals surface area contributed by atoms with Crippen LogP contribution in [0.4, 0.5) is 5.69 Å². The van der Waals surface area contributed by atoms with Gasteiger partial charge in [-0.3, -0.25) is 9.59 Å². The monoisotopic (exact) mass is 387 g/mol. The molecule has 0 bridgehead atoms. The summed E-state index contributed by atoms with van der Waals surface area (Å²) < 4.78 is 5.15. The van der Waals surface area contributed by atoms with E-state index in [2.05, 4.69) is 15.8 Å². The molecule has 0 heterocycles. The maximum Gasteiger partial charge on any atom is 0.271 e. The van der Waals surface area contributed by atoms with Crippen molar-refractivity contribution >= 4 is 23.7 Å². The van der Waals surface area contributed by atoms with E-state index in [-0.39, 0.29) is 11.8 Å². The summed E-state index contributed by atoms with van der Waals surface area (Å²) in [7, 11) is 1.59. The van der Waals surface area contributed by atoms with Gasteiger partial charge in [0.15, 0.2) is 0 Å². The summed E-state index contributed by atoms with van der Waals surface area (Å²) in [5.74, 6) is 0.0893. The van der Waals surface area contributed by atoms with E-state index >= 15 is 0 Å². The second-order valence-corrected chi connectivity index (χ2v) is 6.38. The fourth-order valence-electron chi connectivity index (χ4n) is 2.60. The molecule has 146 valence electrons. The van der Waals surface area contributed by atoms with Crippen molar-refractivity contribution in [2.45, 2.75) is 6.92 Å².